The third-order valence-corrected chi connectivity index (χ3v) is 0.333. The van der Waals surface area contributed by atoms with Crippen molar-refractivity contribution in [2.24, 2.45) is 0 Å². The molecule has 0 saturated heterocycles. The molecule has 0 aromatic rings. The van der Waals surface area contributed by atoms with E-state index < -0.39 is 23.9 Å². The van der Waals surface area contributed by atoms with Crippen LogP contribution in [0.25, 0.3) is 0 Å². The summed E-state index contributed by atoms with van der Waals surface area (Å²) in [5, 5.41) is 35.7. The molecule has 0 aromatic carbocycles. The van der Waals surface area contributed by atoms with Crippen molar-refractivity contribution in [3.63, 3.8) is 0 Å². The van der Waals surface area contributed by atoms with E-state index >= 15 is 0 Å². The van der Waals surface area contributed by atoms with Crippen LogP contribution in [0.3, 0.4) is 0 Å². The molecule has 0 amide bonds. The fourth-order valence-corrected chi connectivity index (χ4v) is 0. The second-order valence-corrected chi connectivity index (χ2v) is 1.15. The Morgan fingerprint density at radius 3 is 0.643 bits per heavy atom. The quantitative estimate of drug-likeness (QED) is 0.310. The third-order valence-electron chi connectivity index (χ3n) is 0.333. The van der Waals surface area contributed by atoms with Crippen LogP contribution in [0.2, 0.25) is 0 Å². The summed E-state index contributed by atoms with van der Waals surface area (Å²) in [6.07, 6.45) is 0. The van der Waals surface area contributed by atoms with E-state index in [2.05, 4.69) is 0 Å². The Hall–Kier alpha value is -1.47. The Labute approximate surface area is 90.5 Å². The van der Waals surface area contributed by atoms with Crippen molar-refractivity contribution in [2.45, 2.75) is 0 Å². The number of hydrogen-bond acceptors (Lipinski definition) is 8. The van der Waals surface area contributed by atoms with Crippen molar-refractivity contribution in [3.8, 4) is 0 Å². The average molecular weight is 290 g/mol. The topological polar surface area (TPSA) is 192 Å². The molecular weight excluding hydrogens is 288 g/mol. The number of carboxylic acids is 4. The van der Waals surface area contributed by atoms with Crippen molar-refractivity contribution in [3.05, 3.63) is 0 Å². The summed E-state index contributed by atoms with van der Waals surface area (Å²) >= 11 is 0. The van der Waals surface area contributed by atoms with E-state index in [1.165, 1.54) is 0 Å². The van der Waals surface area contributed by atoms with E-state index in [0.29, 0.717) is 0 Å². The predicted molar refractivity (Wildman–Crippen MR) is 23.6 cm³/mol. The van der Waals surface area contributed by atoms with E-state index in [1.807, 2.05) is 0 Å². The van der Waals surface area contributed by atoms with Crippen LogP contribution in [0.1, 0.15) is 0 Å². The number of carbonyl (C=O) groups is 4. The van der Waals surface area contributed by atoms with E-state index in [4.69, 9.17) is 39.6 Å². The zero-order valence-electron chi connectivity index (χ0n) is 6.17. The zero-order valence-corrected chi connectivity index (χ0v) is 8.18. The normalized spacial score (nSPS) is 6.29. The molecule has 0 fully saturated rings. The minimum atomic E-state index is -2.19. The summed E-state index contributed by atoms with van der Waals surface area (Å²) in [6, 6.07) is 0. The first-order chi connectivity index (χ1) is 5.29. The molecule has 14 heavy (non-hydrogen) atoms. The molecule has 2 N–H and O–H groups in total. The van der Waals surface area contributed by atoms with Gasteiger partial charge >= 0.3 is 21.1 Å². The summed E-state index contributed by atoms with van der Waals surface area (Å²) in [7, 11) is 0. The first kappa shape index (κ1) is 22.9. The molecule has 0 aliphatic heterocycles. The van der Waals surface area contributed by atoms with Gasteiger partial charge in [-0.2, -0.15) is 0 Å². The second-order valence-electron chi connectivity index (χ2n) is 1.15. The molecule has 78 valence electrons. The standard InChI is InChI=1S/2C2H2O4.Mo.H2O/c2*3-1(4)2(5)6;;/h2*(H,3,4)(H,5,6);;1H2/q;;+4;/p-4. The number of aliphatic carboxylic acids is 4. The predicted octanol–water partition coefficient (Wildman–Crippen LogP) is -7.85. The number of hydrogen-bond donors (Lipinski definition) is 0. The van der Waals surface area contributed by atoms with Gasteiger partial charge in [0.25, 0.3) is 0 Å². The largest absolute Gasteiger partial charge is 4.00 e. The molecule has 0 aromatic heterocycles. The molecular formula is C4H2MoO9. The molecule has 0 radical (unpaired) electrons. The van der Waals surface area contributed by atoms with Crippen molar-refractivity contribution >= 4 is 23.9 Å². The van der Waals surface area contributed by atoms with Crippen LogP contribution in [0.5, 0.6) is 0 Å². The van der Waals surface area contributed by atoms with E-state index in [1.54, 1.807) is 0 Å². The summed E-state index contributed by atoms with van der Waals surface area (Å²) in [4.78, 5) is 35.7. The second kappa shape index (κ2) is 11.5. The van der Waals surface area contributed by atoms with Gasteiger partial charge in [-0.1, -0.05) is 0 Å². The van der Waals surface area contributed by atoms with Crippen LogP contribution in [0, 0.1) is 0 Å². The fraction of sp³-hybridized carbons (Fsp3) is 0. The van der Waals surface area contributed by atoms with Gasteiger partial charge in [0.2, 0.25) is 0 Å². The molecule has 0 aliphatic carbocycles. The van der Waals surface area contributed by atoms with Crippen LogP contribution < -0.4 is 20.4 Å². The van der Waals surface area contributed by atoms with Crippen LogP contribution in [0.15, 0.2) is 0 Å². The van der Waals surface area contributed by atoms with Crippen LogP contribution in [-0.4, -0.2) is 29.4 Å². The molecule has 0 saturated carbocycles. The third kappa shape index (κ3) is 22.4. The smallest absolute Gasteiger partial charge is 0.543 e. The first-order valence-corrected chi connectivity index (χ1v) is 2.13. The molecule has 0 unspecified atom stereocenters. The van der Waals surface area contributed by atoms with Crippen LogP contribution in [0.4, 0.5) is 0 Å². The monoisotopic (exact) mass is 292 g/mol. The number of carboxylic acid groups (broad SMARTS) is 4. The van der Waals surface area contributed by atoms with Gasteiger partial charge in [-0.15, -0.1) is 0 Å². The Bertz CT molecular complexity index is 173. The van der Waals surface area contributed by atoms with E-state index in [9.17, 15) is 0 Å². The molecule has 10 heteroatoms. The number of carbonyl (C=O) groups excluding carboxylic acids is 4. The minimum Gasteiger partial charge on any atom is -0.543 e. The summed E-state index contributed by atoms with van der Waals surface area (Å²) in [6.45, 7) is 0. The molecule has 0 bridgehead atoms. The molecule has 0 rings (SSSR count). The maximum absolute atomic E-state index is 8.93. The zero-order chi connectivity index (χ0) is 10.3. The van der Waals surface area contributed by atoms with E-state index in [-0.39, 0.29) is 26.5 Å². The van der Waals surface area contributed by atoms with Gasteiger partial charge in [0.15, 0.2) is 0 Å². The average Bonchev–Trinajstić information content (AvgIpc) is 1.88. The van der Waals surface area contributed by atoms with Gasteiger partial charge < -0.3 is 45.1 Å². The fourth-order valence-electron chi connectivity index (χ4n) is 0. The Kier molecular flexibility index (Phi) is 18.9. The Morgan fingerprint density at radius 2 is 0.643 bits per heavy atom. The van der Waals surface area contributed by atoms with E-state index in [0.717, 1.165) is 0 Å². The van der Waals surface area contributed by atoms with Crippen molar-refractivity contribution in [2.75, 3.05) is 0 Å². The Balaban J connectivity index is -0.0000000625. The SMILES string of the molecule is O.O=C([O-])C(=O)[O-].O=C([O-])C(=O)[O-].[Mo+4]. The molecule has 0 aliphatic rings. The van der Waals surface area contributed by atoms with Crippen molar-refractivity contribution in [1.29, 1.82) is 0 Å². The summed E-state index contributed by atoms with van der Waals surface area (Å²) in [5.41, 5.74) is 0. The molecule has 0 spiro atoms. The van der Waals surface area contributed by atoms with Crippen LogP contribution in [-0.2, 0) is 40.2 Å². The van der Waals surface area contributed by atoms with Crippen molar-refractivity contribution in [1.82, 2.24) is 0 Å². The summed E-state index contributed by atoms with van der Waals surface area (Å²) in [5.74, 6) is -8.74. The van der Waals surface area contributed by atoms with Gasteiger partial charge in [-0.25, -0.2) is 0 Å². The van der Waals surface area contributed by atoms with Crippen molar-refractivity contribution < 1.29 is 66.1 Å². The van der Waals surface area contributed by atoms with Gasteiger partial charge in [-0.3, -0.25) is 0 Å². The maximum Gasteiger partial charge on any atom is 4.00 e. The van der Waals surface area contributed by atoms with Gasteiger partial charge in [0, 0.05) is 0 Å². The first-order valence-electron chi connectivity index (χ1n) is 2.13. The maximum atomic E-state index is 8.93. The molecule has 0 atom stereocenters. The van der Waals surface area contributed by atoms with Gasteiger partial charge in [-0.05, 0) is 0 Å². The van der Waals surface area contributed by atoms with Gasteiger partial charge in [0.1, 0.15) is 0 Å². The van der Waals surface area contributed by atoms with Gasteiger partial charge in [0.05, 0.1) is 23.9 Å². The minimum absolute atomic E-state index is 0. The molecule has 0 heterocycles. The van der Waals surface area contributed by atoms with Crippen LogP contribution >= 0.6 is 0 Å². The number of rotatable bonds is 0. The molecule has 9 nitrogen and oxygen atoms in total. The summed E-state index contributed by atoms with van der Waals surface area (Å²) < 4.78 is 0. The Morgan fingerprint density at radius 1 is 0.571 bits per heavy atom.